The Morgan fingerprint density at radius 1 is 1.39 bits per heavy atom. The van der Waals surface area contributed by atoms with Gasteiger partial charge >= 0.3 is 0 Å². The molecule has 1 aromatic carbocycles. The molecule has 0 spiro atoms. The van der Waals surface area contributed by atoms with E-state index >= 15 is 0 Å². The van der Waals surface area contributed by atoms with Gasteiger partial charge in [0, 0.05) is 29.7 Å². The minimum atomic E-state index is 0.523. The van der Waals surface area contributed by atoms with Crippen LogP contribution in [0.15, 0.2) is 35.8 Å². The number of para-hydroxylation sites is 1. The van der Waals surface area contributed by atoms with Gasteiger partial charge in [-0.15, -0.1) is 11.3 Å². The lowest BCUT2D eigenvalue weighted by molar-refractivity contribution is 0.458. The predicted octanol–water partition coefficient (Wildman–Crippen LogP) is 4.17. The summed E-state index contributed by atoms with van der Waals surface area (Å²) in [6.07, 6.45) is 5.59. The standard InChI is InChI=1S/C18H22N4S/c1-2-13-6-3-4-8-15(13)20-18-21-16(14-7-5-9-19-12-14)17-22(18)10-11-23-17/h3-4,6,8,10-11,14,19H,2,5,7,9,12H2,1H3,(H,20,21)/t14-/m1/s1. The van der Waals surface area contributed by atoms with Gasteiger partial charge in [0.25, 0.3) is 0 Å². The summed E-state index contributed by atoms with van der Waals surface area (Å²) in [5.41, 5.74) is 3.71. The number of hydrogen-bond donors (Lipinski definition) is 2. The third-order valence-electron chi connectivity index (χ3n) is 4.61. The number of rotatable bonds is 4. The summed E-state index contributed by atoms with van der Waals surface area (Å²) in [5.74, 6) is 1.46. The molecule has 3 aromatic rings. The molecule has 23 heavy (non-hydrogen) atoms. The number of aromatic nitrogens is 2. The van der Waals surface area contributed by atoms with E-state index in [1.807, 2.05) is 0 Å². The molecular formula is C18H22N4S. The molecule has 5 heteroatoms. The SMILES string of the molecule is CCc1ccccc1Nc1nc([C@@H]2CCCNC2)c2sccn12. The van der Waals surface area contributed by atoms with Gasteiger partial charge in [-0.1, -0.05) is 25.1 Å². The first-order valence-electron chi connectivity index (χ1n) is 8.38. The minimum absolute atomic E-state index is 0.523. The molecule has 1 saturated heterocycles. The minimum Gasteiger partial charge on any atom is -0.325 e. The first-order chi connectivity index (χ1) is 11.4. The topological polar surface area (TPSA) is 41.4 Å². The molecule has 1 atom stereocenters. The molecule has 0 aliphatic carbocycles. The third kappa shape index (κ3) is 2.75. The first kappa shape index (κ1) is 14.7. The molecule has 3 heterocycles. The normalized spacial score (nSPS) is 18.4. The van der Waals surface area contributed by atoms with Gasteiger partial charge in [-0.3, -0.25) is 4.40 Å². The van der Waals surface area contributed by atoms with E-state index in [2.05, 4.69) is 57.8 Å². The fourth-order valence-corrected chi connectivity index (χ4v) is 4.26. The van der Waals surface area contributed by atoms with Gasteiger partial charge in [-0.25, -0.2) is 4.98 Å². The van der Waals surface area contributed by atoms with Crippen LogP contribution in [0.2, 0.25) is 0 Å². The van der Waals surface area contributed by atoms with E-state index in [9.17, 15) is 0 Å². The Morgan fingerprint density at radius 3 is 3.13 bits per heavy atom. The smallest absolute Gasteiger partial charge is 0.213 e. The number of fused-ring (bicyclic) bond motifs is 1. The highest BCUT2D eigenvalue weighted by Crippen LogP contribution is 2.32. The average molecular weight is 326 g/mol. The average Bonchev–Trinajstić information content (AvgIpc) is 3.20. The van der Waals surface area contributed by atoms with E-state index in [0.29, 0.717) is 5.92 Å². The lowest BCUT2D eigenvalue weighted by Crippen LogP contribution is -2.28. The molecule has 0 bridgehead atoms. The van der Waals surface area contributed by atoms with Gasteiger partial charge in [-0.2, -0.15) is 0 Å². The van der Waals surface area contributed by atoms with Crippen molar-refractivity contribution >= 4 is 27.8 Å². The molecule has 120 valence electrons. The second-order valence-electron chi connectivity index (χ2n) is 6.08. The Bertz CT molecular complexity index is 798. The van der Waals surface area contributed by atoms with Crippen LogP contribution in [0.25, 0.3) is 4.83 Å². The third-order valence-corrected chi connectivity index (χ3v) is 5.50. The van der Waals surface area contributed by atoms with Crippen LogP contribution >= 0.6 is 11.3 Å². The van der Waals surface area contributed by atoms with Crippen molar-refractivity contribution in [2.45, 2.75) is 32.1 Å². The molecule has 1 fully saturated rings. The number of imidazole rings is 1. The number of anilines is 2. The summed E-state index contributed by atoms with van der Waals surface area (Å²) in [7, 11) is 0. The summed E-state index contributed by atoms with van der Waals surface area (Å²) in [6, 6.07) is 8.47. The summed E-state index contributed by atoms with van der Waals surface area (Å²) in [4.78, 5) is 6.24. The number of piperidine rings is 1. The molecule has 1 aliphatic heterocycles. The highest BCUT2D eigenvalue weighted by Gasteiger charge is 2.23. The second kappa shape index (κ2) is 6.34. The summed E-state index contributed by atoms with van der Waals surface area (Å²) < 4.78 is 2.20. The van der Waals surface area contributed by atoms with Crippen LogP contribution in [0, 0.1) is 0 Å². The molecular weight excluding hydrogens is 304 g/mol. The second-order valence-corrected chi connectivity index (χ2v) is 6.97. The van der Waals surface area contributed by atoms with Gasteiger partial charge in [0.2, 0.25) is 5.95 Å². The summed E-state index contributed by atoms with van der Waals surface area (Å²) in [5, 5.41) is 9.20. The lowest BCUT2D eigenvalue weighted by Gasteiger charge is -2.20. The van der Waals surface area contributed by atoms with E-state index in [4.69, 9.17) is 4.98 Å². The molecule has 2 aromatic heterocycles. The number of hydrogen-bond acceptors (Lipinski definition) is 4. The van der Waals surface area contributed by atoms with Crippen LogP contribution in [0.3, 0.4) is 0 Å². The van der Waals surface area contributed by atoms with Crippen LogP contribution in [0.1, 0.15) is 36.9 Å². The molecule has 2 N–H and O–H groups in total. The van der Waals surface area contributed by atoms with Crippen molar-refractivity contribution in [1.82, 2.24) is 14.7 Å². The quantitative estimate of drug-likeness (QED) is 0.756. The molecule has 0 saturated carbocycles. The van der Waals surface area contributed by atoms with E-state index in [0.717, 1.165) is 31.1 Å². The van der Waals surface area contributed by atoms with Gasteiger partial charge in [0.1, 0.15) is 4.83 Å². The number of nitrogens with one attached hydrogen (secondary N) is 2. The Labute approximate surface area is 140 Å². The van der Waals surface area contributed by atoms with Crippen molar-refractivity contribution in [2.75, 3.05) is 18.4 Å². The molecule has 0 amide bonds. The highest BCUT2D eigenvalue weighted by atomic mass is 32.1. The predicted molar refractivity (Wildman–Crippen MR) is 97.0 cm³/mol. The van der Waals surface area contributed by atoms with E-state index in [1.165, 1.54) is 28.9 Å². The highest BCUT2D eigenvalue weighted by molar-refractivity contribution is 7.15. The van der Waals surface area contributed by atoms with Crippen molar-refractivity contribution in [3.63, 3.8) is 0 Å². The van der Waals surface area contributed by atoms with E-state index in [-0.39, 0.29) is 0 Å². The number of thiazole rings is 1. The Balaban J connectivity index is 1.71. The Morgan fingerprint density at radius 2 is 2.30 bits per heavy atom. The zero-order chi connectivity index (χ0) is 15.6. The van der Waals surface area contributed by atoms with E-state index in [1.54, 1.807) is 11.3 Å². The van der Waals surface area contributed by atoms with Crippen molar-refractivity contribution < 1.29 is 0 Å². The maximum absolute atomic E-state index is 4.97. The molecule has 1 aliphatic rings. The number of nitrogens with zero attached hydrogens (tertiary/aromatic N) is 2. The van der Waals surface area contributed by atoms with Crippen molar-refractivity contribution in [3.05, 3.63) is 47.1 Å². The summed E-state index contributed by atoms with van der Waals surface area (Å²) in [6.45, 7) is 4.36. The Hall–Kier alpha value is -1.85. The molecule has 4 nitrogen and oxygen atoms in total. The Kier molecular flexibility index (Phi) is 4.06. The zero-order valence-corrected chi connectivity index (χ0v) is 14.2. The van der Waals surface area contributed by atoms with Gasteiger partial charge in [-0.05, 0) is 37.4 Å². The number of benzene rings is 1. The zero-order valence-electron chi connectivity index (χ0n) is 13.4. The van der Waals surface area contributed by atoms with Gasteiger partial charge in [0.05, 0.1) is 5.69 Å². The van der Waals surface area contributed by atoms with Crippen LogP contribution < -0.4 is 10.6 Å². The van der Waals surface area contributed by atoms with Crippen molar-refractivity contribution in [1.29, 1.82) is 0 Å². The maximum Gasteiger partial charge on any atom is 0.213 e. The van der Waals surface area contributed by atoms with Crippen LogP contribution in [0.4, 0.5) is 11.6 Å². The van der Waals surface area contributed by atoms with Crippen molar-refractivity contribution in [2.24, 2.45) is 0 Å². The van der Waals surface area contributed by atoms with Crippen LogP contribution in [0.5, 0.6) is 0 Å². The van der Waals surface area contributed by atoms with Crippen molar-refractivity contribution in [3.8, 4) is 0 Å². The molecule has 4 rings (SSSR count). The monoisotopic (exact) mass is 326 g/mol. The fraction of sp³-hybridized carbons (Fsp3) is 0.389. The summed E-state index contributed by atoms with van der Waals surface area (Å²) >= 11 is 1.78. The largest absolute Gasteiger partial charge is 0.325 e. The number of aryl methyl sites for hydroxylation is 1. The van der Waals surface area contributed by atoms with Crippen LogP contribution in [-0.4, -0.2) is 22.5 Å². The van der Waals surface area contributed by atoms with Gasteiger partial charge in [0.15, 0.2) is 0 Å². The maximum atomic E-state index is 4.97. The van der Waals surface area contributed by atoms with Crippen LogP contribution in [-0.2, 0) is 6.42 Å². The van der Waals surface area contributed by atoms with E-state index < -0.39 is 0 Å². The van der Waals surface area contributed by atoms with Gasteiger partial charge < -0.3 is 10.6 Å². The first-order valence-corrected chi connectivity index (χ1v) is 9.26. The fourth-order valence-electron chi connectivity index (χ4n) is 3.36. The molecule has 0 unspecified atom stereocenters. The molecule has 0 radical (unpaired) electrons. The lowest BCUT2D eigenvalue weighted by atomic mass is 9.97.